The summed E-state index contributed by atoms with van der Waals surface area (Å²) in [5.74, 6) is -0.530. The minimum absolute atomic E-state index is 0.131. The molecule has 1 saturated carbocycles. The van der Waals surface area contributed by atoms with Gasteiger partial charge in [-0.25, -0.2) is 9.78 Å². The Morgan fingerprint density at radius 3 is 2.94 bits per heavy atom. The fourth-order valence-electron chi connectivity index (χ4n) is 1.97. The van der Waals surface area contributed by atoms with Gasteiger partial charge in [0.1, 0.15) is 5.56 Å². The standard InChI is InChI=1S/C11H11N3O3/c1-17-10-8(11(15)16)9(6-2-3-6)13-7-4-5-12-14(7)10/h4-6H,2-3H2,1H3,(H,15,16). The smallest absolute Gasteiger partial charge is 0.343 e. The third-order valence-electron chi connectivity index (χ3n) is 2.89. The van der Waals surface area contributed by atoms with Gasteiger partial charge in [0.2, 0.25) is 5.88 Å². The molecule has 0 amide bonds. The minimum atomic E-state index is -1.02. The van der Waals surface area contributed by atoms with Crippen molar-refractivity contribution >= 4 is 11.6 Å². The van der Waals surface area contributed by atoms with Crippen LogP contribution >= 0.6 is 0 Å². The van der Waals surface area contributed by atoms with Gasteiger partial charge in [-0.05, 0) is 12.8 Å². The third kappa shape index (κ3) is 1.44. The van der Waals surface area contributed by atoms with E-state index in [0.717, 1.165) is 12.8 Å². The van der Waals surface area contributed by atoms with Crippen LogP contribution in [0.2, 0.25) is 0 Å². The first-order chi connectivity index (χ1) is 8.22. The summed E-state index contributed by atoms with van der Waals surface area (Å²) in [6.07, 6.45) is 3.55. The number of carboxylic acids is 1. The molecule has 88 valence electrons. The quantitative estimate of drug-likeness (QED) is 0.864. The number of carbonyl (C=O) groups is 1. The molecule has 0 saturated heterocycles. The molecule has 1 aliphatic rings. The highest BCUT2D eigenvalue weighted by Gasteiger charge is 2.33. The average molecular weight is 233 g/mol. The fourth-order valence-corrected chi connectivity index (χ4v) is 1.97. The third-order valence-corrected chi connectivity index (χ3v) is 2.89. The Kier molecular flexibility index (Phi) is 2.04. The number of hydrogen-bond acceptors (Lipinski definition) is 4. The van der Waals surface area contributed by atoms with E-state index in [0.29, 0.717) is 11.3 Å². The second kappa shape index (κ2) is 3.44. The van der Waals surface area contributed by atoms with Crippen LogP contribution in [0, 0.1) is 0 Å². The van der Waals surface area contributed by atoms with Crippen LogP contribution in [0.5, 0.6) is 5.88 Å². The summed E-state index contributed by atoms with van der Waals surface area (Å²) in [6.45, 7) is 0. The number of methoxy groups -OCH3 is 1. The Hall–Kier alpha value is -2.11. The number of carboxylic acid groups (broad SMARTS) is 1. The maximum atomic E-state index is 11.3. The summed E-state index contributed by atoms with van der Waals surface area (Å²) >= 11 is 0. The van der Waals surface area contributed by atoms with Crippen molar-refractivity contribution in [2.24, 2.45) is 0 Å². The molecule has 0 atom stereocenters. The summed E-state index contributed by atoms with van der Waals surface area (Å²) < 4.78 is 6.59. The first-order valence-corrected chi connectivity index (χ1v) is 5.37. The summed E-state index contributed by atoms with van der Waals surface area (Å²) in [5.41, 5.74) is 1.36. The van der Waals surface area contributed by atoms with Gasteiger partial charge in [-0.2, -0.15) is 9.61 Å². The van der Waals surface area contributed by atoms with Crippen molar-refractivity contribution < 1.29 is 14.6 Å². The van der Waals surface area contributed by atoms with E-state index in [9.17, 15) is 9.90 Å². The lowest BCUT2D eigenvalue weighted by molar-refractivity contribution is 0.0690. The van der Waals surface area contributed by atoms with Crippen molar-refractivity contribution in [3.63, 3.8) is 0 Å². The second-order valence-electron chi connectivity index (χ2n) is 4.06. The molecule has 2 aromatic rings. The van der Waals surface area contributed by atoms with Gasteiger partial charge in [-0.1, -0.05) is 0 Å². The first kappa shape index (κ1) is 10.1. The highest BCUT2D eigenvalue weighted by Crippen LogP contribution is 2.42. The molecule has 2 aromatic heterocycles. The number of ether oxygens (including phenoxy) is 1. The zero-order chi connectivity index (χ0) is 12.0. The van der Waals surface area contributed by atoms with Crippen LogP contribution in [0.3, 0.4) is 0 Å². The van der Waals surface area contributed by atoms with E-state index in [1.807, 2.05) is 0 Å². The van der Waals surface area contributed by atoms with E-state index in [1.54, 1.807) is 12.3 Å². The molecular formula is C11H11N3O3. The summed E-state index contributed by atoms with van der Waals surface area (Å²) in [6, 6.07) is 1.74. The van der Waals surface area contributed by atoms with Crippen molar-refractivity contribution in [1.29, 1.82) is 0 Å². The zero-order valence-electron chi connectivity index (χ0n) is 9.25. The van der Waals surface area contributed by atoms with E-state index in [2.05, 4.69) is 10.1 Å². The molecule has 17 heavy (non-hydrogen) atoms. The predicted molar refractivity (Wildman–Crippen MR) is 58.5 cm³/mol. The summed E-state index contributed by atoms with van der Waals surface area (Å²) in [5, 5.41) is 13.3. The molecule has 6 heteroatoms. The van der Waals surface area contributed by atoms with Crippen LogP contribution in [-0.2, 0) is 0 Å². The van der Waals surface area contributed by atoms with Crippen LogP contribution in [-0.4, -0.2) is 32.8 Å². The Morgan fingerprint density at radius 1 is 1.59 bits per heavy atom. The molecule has 2 heterocycles. The van der Waals surface area contributed by atoms with Crippen LogP contribution in [0.15, 0.2) is 12.3 Å². The Bertz CT molecular complexity index is 601. The lowest BCUT2D eigenvalue weighted by Crippen LogP contribution is -2.11. The Balaban J connectivity index is 2.36. The molecule has 0 aliphatic heterocycles. The molecule has 0 unspecified atom stereocenters. The highest BCUT2D eigenvalue weighted by molar-refractivity contribution is 5.92. The maximum Gasteiger partial charge on any atom is 0.343 e. The molecular weight excluding hydrogens is 222 g/mol. The van der Waals surface area contributed by atoms with E-state index in [4.69, 9.17) is 4.74 Å². The summed E-state index contributed by atoms with van der Waals surface area (Å²) in [4.78, 5) is 15.7. The monoisotopic (exact) mass is 233 g/mol. The minimum Gasteiger partial charge on any atom is -0.480 e. The van der Waals surface area contributed by atoms with Gasteiger partial charge in [0, 0.05) is 12.0 Å². The van der Waals surface area contributed by atoms with Gasteiger partial charge < -0.3 is 9.84 Å². The number of nitrogens with zero attached hydrogens (tertiary/aromatic N) is 3. The largest absolute Gasteiger partial charge is 0.480 e. The number of rotatable bonds is 3. The molecule has 0 aromatic carbocycles. The molecule has 1 aliphatic carbocycles. The number of hydrogen-bond donors (Lipinski definition) is 1. The molecule has 6 nitrogen and oxygen atoms in total. The molecule has 0 radical (unpaired) electrons. The number of aromatic nitrogens is 3. The fraction of sp³-hybridized carbons (Fsp3) is 0.364. The zero-order valence-corrected chi connectivity index (χ0v) is 9.25. The van der Waals surface area contributed by atoms with E-state index in [1.165, 1.54) is 11.6 Å². The highest BCUT2D eigenvalue weighted by atomic mass is 16.5. The van der Waals surface area contributed by atoms with Crippen LogP contribution in [0.1, 0.15) is 34.8 Å². The average Bonchev–Trinajstić information content (AvgIpc) is 3.05. The van der Waals surface area contributed by atoms with Gasteiger partial charge >= 0.3 is 5.97 Å². The number of fused-ring (bicyclic) bond motifs is 1. The Labute approximate surface area is 96.8 Å². The van der Waals surface area contributed by atoms with Gasteiger partial charge in [-0.15, -0.1) is 0 Å². The van der Waals surface area contributed by atoms with Crippen LogP contribution in [0.25, 0.3) is 5.65 Å². The SMILES string of the molecule is COc1c(C(=O)O)c(C2CC2)nc2ccnn12. The van der Waals surface area contributed by atoms with Crippen molar-refractivity contribution in [3.05, 3.63) is 23.5 Å². The first-order valence-electron chi connectivity index (χ1n) is 5.37. The molecule has 3 rings (SSSR count). The van der Waals surface area contributed by atoms with Gasteiger partial charge in [0.25, 0.3) is 0 Å². The molecule has 0 bridgehead atoms. The predicted octanol–water partition coefficient (Wildman–Crippen LogP) is 1.31. The Morgan fingerprint density at radius 2 is 2.35 bits per heavy atom. The van der Waals surface area contributed by atoms with E-state index in [-0.39, 0.29) is 17.4 Å². The lowest BCUT2D eigenvalue weighted by atomic mass is 10.1. The van der Waals surface area contributed by atoms with Gasteiger partial charge in [0.15, 0.2) is 5.65 Å². The maximum absolute atomic E-state index is 11.3. The van der Waals surface area contributed by atoms with Crippen molar-refractivity contribution in [2.45, 2.75) is 18.8 Å². The van der Waals surface area contributed by atoms with Gasteiger partial charge in [-0.3, -0.25) is 0 Å². The molecule has 1 N–H and O–H groups in total. The van der Waals surface area contributed by atoms with Crippen molar-refractivity contribution in [1.82, 2.24) is 14.6 Å². The van der Waals surface area contributed by atoms with E-state index < -0.39 is 5.97 Å². The van der Waals surface area contributed by atoms with Crippen molar-refractivity contribution in [2.75, 3.05) is 7.11 Å². The molecule has 1 fully saturated rings. The normalized spacial score (nSPS) is 15.1. The topological polar surface area (TPSA) is 76.7 Å². The van der Waals surface area contributed by atoms with Crippen LogP contribution < -0.4 is 4.74 Å². The van der Waals surface area contributed by atoms with Crippen LogP contribution in [0.4, 0.5) is 0 Å². The molecule has 0 spiro atoms. The van der Waals surface area contributed by atoms with Crippen molar-refractivity contribution in [3.8, 4) is 5.88 Å². The van der Waals surface area contributed by atoms with Gasteiger partial charge in [0.05, 0.1) is 19.0 Å². The lowest BCUT2D eigenvalue weighted by Gasteiger charge is -2.10. The van der Waals surface area contributed by atoms with E-state index >= 15 is 0 Å². The summed E-state index contributed by atoms with van der Waals surface area (Å²) in [7, 11) is 1.44. The number of aromatic carboxylic acids is 1. The second-order valence-corrected chi connectivity index (χ2v) is 4.06.